The molecule has 0 aliphatic carbocycles. The summed E-state index contributed by atoms with van der Waals surface area (Å²) in [5.41, 5.74) is 0.992. The van der Waals surface area contributed by atoms with Crippen molar-refractivity contribution in [3.63, 3.8) is 0 Å². The summed E-state index contributed by atoms with van der Waals surface area (Å²) in [6.45, 7) is 0.502. The maximum atomic E-state index is 12.2. The van der Waals surface area contributed by atoms with Gasteiger partial charge in [-0.05, 0) is 31.8 Å². The van der Waals surface area contributed by atoms with Crippen LogP contribution in [-0.2, 0) is 4.79 Å². The van der Waals surface area contributed by atoms with Gasteiger partial charge in [0.15, 0.2) is 6.61 Å². The van der Waals surface area contributed by atoms with Gasteiger partial charge in [0, 0.05) is 18.7 Å². The van der Waals surface area contributed by atoms with Gasteiger partial charge in [0.2, 0.25) is 0 Å². The summed E-state index contributed by atoms with van der Waals surface area (Å²) >= 11 is 0. The lowest BCUT2D eigenvalue weighted by molar-refractivity contribution is -0.384. The number of hydrogen-bond acceptors (Lipinski definition) is 5. The fourth-order valence-corrected chi connectivity index (χ4v) is 2.33. The molecule has 2 aromatic rings. The van der Waals surface area contributed by atoms with E-state index in [1.54, 1.807) is 0 Å². The highest BCUT2D eigenvalue weighted by molar-refractivity contribution is 5.78. The van der Waals surface area contributed by atoms with Gasteiger partial charge in [0.25, 0.3) is 11.6 Å². The van der Waals surface area contributed by atoms with Gasteiger partial charge in [0.05, 0.1) is 11.0 Å². The maximum Gasteiger partial charge on any atom is 0.269 e. The molecule has 132 valence electrons. The summed E-state index contributed by atoms with van der Waals surface area (Å²) in [6, 6.07) is 15.2. The molecule has 2 rings (SSSR count). The second-order valence-electron chi connectivity index (χ2n) is 5.83. The van der Waals surface area contributed by atoms with Crippen LogP contribution in [0.5, 0.6) is 5.75 Å². The van der Waals surface area contributed by atoms with Crippen molar-refractivity contribution in [2.75, 3.05) is 27.2 Å². The van der Waals surface area contributed by atoms with Crippen LogP contribution in [0.4, 0.5) is 5.69 Å². The summed E-state index contributed by atoms with van der Waals surface area (Å²) in [6.07, 6.45) is 0. The zero-order valence-electron chi connectivity index (χ0n) is 14.2. The number of nitro benzene ring substituents is 1. The first-order valence-electron chi connectivity index (χ1n) is 7.82. The minimum Gasteiger partial charge on any atom is -0.484 e. The quantitative estimate of drug-likeness (QED) is 0.588. The Hall–Kier alpha value is -2.93. The smallest absolute Gasteiger partial charge is 0.269 e. The topological polar surface area (TPSA) is 84.7 Å². The van der Waals surface area contributed by atoms with E-state index in [2.05, 4.69) is 5.32 Å². The Bertz CT molecular complexity index is 702. The first kappa shape index (κ1) is 18.4. The van der Waals surface area contributed by atoms with Gasteiger partial charge < -0.3 is 15.0 Å². The second kappa shape index (κ2) is 8.79. The van der Waals surface area contributed by atoms with Crippen molar-refractivity contribution in [3.05, 3.63) is 70.3 Å². The van der Waals surface area contributed by atoms with Crippen molar-refractivity contribution >= 4 is 11.6 Å². The van der Waals surface area contributed by atoms with E-state index in [9.17, 15) is 14.9 Å². The number of nitro groups is 1. The van der Waals surface area contributed by atoms with E-state index < -0.39 is 4.92 Å². The fourth-order valence-electron chi connectivity index (χ4n) is 2.33. The minimum atomic E-state index is -0.484. The number of hydrogen-bond donors (Lipinski definition) is 1. The van der Waals surface area contributed by atoms with Crippen molar-refractivity contribution in [2.45, 2.75) is 6.04 Å². The molecule has 0 fully saturated rings. The number of non-ortho nitro benzene ring substituents is 1. The van der Waals surface area contributed by atoms with Crippen molar-refractivity contribution in [3.8, 4) is 5.75 Å². The molecule has 0 saturated heterocycles. The maximum absolute atomic E-state index is 12.2. The number of nitrogens with zero attached hydrogens (tertiary/aromatic N) is 2. The van der Waals surface area contributed by atoms with Crippen LogP contribution >= 0.6 is 0 Å². The van der Waals surface area contributed by atoms with Crippen LogP contribution in [0.15, 0.2) is 54.6 Å². The van der Waals surface area contributed by atoms with Gasteiger partial charge in [-0.1, -0.05) is 30.3 Å². The molecule has 0 radical (unpaired) electrons. The molecule has 0 heterocycles. The lowest BCUT2D eigenvalue weighted by atomic mass is 10.1. The largest absolute Gasteiger partial charge is 0.484 e. The number of nitrogens with one attached hydrogen (secondary N) is 1. The van der Waals surface area contributed by atoms with Gasteiger partial charge in [-0.3, -0.25) is 14.9 Å². The van der Waals surface area contributed by atoms with E-state index in [0.29, 0.717) is 12.3 Å². The number of likely N-dealkylation sites (N-methyl/N-ethyl adjacent to an activating group) is 1. The number of ether oxygens (including phenoxy) is 1. The van der Waals surface area contributed by atoms with E-state index in [0.717, 1.165) is 5.56 Å². The zero-order chi connectivity index (χ0) is 18.2. The van der Waals surface area contributed by atoms with E-state index in [1.165, 1.54) is 24.3 Å². The monoisotopic (exact) mass is 343 g/mol. The van der Waals surface area contributed by atoms with E-state index >= 15 is 0 Å². The Morgan fingerprint density at radius 2 is 1.80 bits per heavy atom. The molecule has 2 aromatic carbocycles. The number of benzene rings is 2. The molecule has 0 unspecified atom stereocenters. The van der Waals surface area contributed by atoms with E-state index in [1.807, 2.05) is 49.3 Å². The second-order valence-corrected chi connectivity index (χ2v) is 5.83. The Balaban J connectivity index is 1.93. The number of amides is 1. The fraction of sp³-hybridized carbons (Fsp3) is 0.278. The summed E-state index contributed by atoms with van der Waals surface area (Å²) in [4.78, 5) is 24.3. The average molecular weight is 343 g/mol. The van der Waals surface area contributed by atoms with Crippen LogP contribution in [0.1, 0.15) is 11.6 Å². The summed E-state index contributed by atoms with van der Waals surface area (Å²) in [5, 5.41) is 13.6. The normalized spacial score (nSPS) is 11.8. The predicted octanol–water partition coefficient (Wildman–Crippen LogP) is 2.39. The van der Waals surface area contributed by atoms with Crippen LogP contribution in [0.3, 0.4) is 0 Å². The van der Waals surface area contributed by atoms with Crippen LogP contribution in [0.25, 0.3) is 0 Å². The minimum absolute atomic E-state index is 0.0214. The first-order valence-corrected chi connectivity index (χ1v) is 7.82. The molecule has 1 N–H and O–H groups in total. The molecule has 0 spiro atoms. The van der Waals surface area contributed by atoms with Gasteiger partial charge in [-0.25, -0.2) is 0 Å². The molecule has 1 amide bonds. The summed E-state index contributed by atoms with van der Waals surface area (Å²) in [5.74, 6) is 0.152. The molecule has 0 aliphatic rings. The first-order chi connectivity index (χ1) is 12.0. The van der Waals surface area contributed by atoms with Crippen LogP contribution < -0.4 is 10.1 Å². The molecule has 0 bridgehead atoms. The average Bonchev–Trinajstić information content (AvgIpc) is 2.60. The van der Waals surface area contributed by atoms with Gasteiger partial charge in [-0.15, -0.1) is 0 Å². The number of carbonyl (C=O) groups excluding carboxylic acids is 1. The third kappa shape index (κ3) is 5.89. The Morgan fingerprint density at radius 1 is 1.16 bits per heavy atom. The lowest BCUT2D eigenvalue weighted by Gasteiger charge is -2.23. The molecule has 0 aliphatic heterocycles. The van der Waals surface area contributed by atoms with Crippen molar-refractivity contribution < 1.29 is 14.5 Å². The summed E-state index contributed by atoms with van der Waals surface area (Å²) < 4.78 is 5.40. The number of rotatable bonds is 8. The van der Waals surface area contributed by atoms with E-state index in [4.69, 9.17) is 4.74 Å². The standard InChI is InChI=1S/C18H21N3O4/c1-20(2)12-17(14-6-4-3-5-7-14)19-18(22)13-25-16-10-8-15(9-11-16)21(23)24/h3-11,17H,12-13H2,1-2H3,(H,19,22)/t17-/m1/s1. The van der Waals surface area contributed by atoms with Gasteiger partial charge in [0.1, 0.15) is 5.75 Å². The Kier molecular flexibility index (Phi) is 6.47. The molecular formula is C18H21N3O4. The summed E-state index contributed by atoms with van der Waals surface area (Å²) in [7, 11) is 3.88. The van der Waals surface area contributed by atoms with Crippen LogP contribution in [0, 0.1) is 10.1 Å². The van der Waals surface area contributed by atoms with Crippen LogP contribution in [0.2, 0.25) is 0 Å². The molecule has 1 atom stereocenters. The highest BCUT2D eigenvalue weighted by atomic mass is 16.6. The molecule has 7 heteroatoms. The zero-order valence-corrected chi connectivity index (χ0v) is 14.2. The SMILES string of the molecule is CN(C)C[C@@H](NC(=O)COc1ccc([N+](=O)[O-])cc1)c1ccccc1. The Morgan fingerprint density at radius 3 is 2.36 bits per heavy atom. The molecule has 0 aromatic heterocycles. The van der Waals surface area contributed by atoms with E-state index in [-0.39, 0.29) is 24.2 Å². The van der Waals surface area contributed by atoms with Crippen molar-refractivity contribution in [1.82, 2.24) is 10.2 Å². The highest BCUT2D eigenvalue weighted by Crippen LogP contribution is 2.17. The molecular weight excluding hydrogens is 322 g/mol. The highest BCUT2D eigenvalue weighted by Gasteiger charge is 2.16. The molecule has 0 saturated carbocycles. The van der Waals surface area contributed by atoms with Crippen LogP contribution in [-0.4, -0.2) is 43.0 Å². The predicted molar refractivity (Wildman–Crippen MR) is 94.5 cm³/mol. The molecule has 25 heavy (non-hydrogen) atoms. The third-order valence-electron chi connectivity index (χ3n) is 3.50. The number of carbonyl (C=O) groups is 1. The third-order valence-corrected chi connectivity index (χ3v) is 3.50. The van der Waals surface area contributed by atoms with Gasteiger partial charge >= 0.3 is 0 Å². The Labute approximate surface area is 146 Å². The van der Waals surface area contributed by atoms with Crippen molar-refractivity contribution in [2.24, 2.45) is 0 Å². The van der Waals surface area contributed by atoms with Gasteiger partial charge in [-0.2, -0.15) is 0 Å². The lowest BCUT2D eigenvalue weighted by Crippen LogP contribution is -2.37. The van der Waals surface area contributed by atoms with Crippen molar-refractivity contribution in [1.29, 1.82) is 0 Å². The molecule has 7 nitrogen and oxygen atoms in total.